The molecule has 2 saturated heterocycles. The highest BCUT2D eigenvalue weighted by atomic mass is 35.5. The van der Waals surface area contributed by atoms with E-state index in [1.807, 2.05) is 43.3 Å². The molecule has 4 aromatic rings. The molecule has 10 heteroatoms. The van der Waals surface area contributed by atoms with Crippen LogP contribution in [0.4, 0.5) is 0 Å². The maximum Gasteiger partial charge on any atom is 0.345 e. The average molecular weight is 786 g/mol. The van der Waals surface area contributed by atoms with Gasteiger partial charge in [0.15, 0.2) is 6.29 Å². The van der Waals surface area contributed by atoms with Gasteiger partial charge in [-0.25, -0.2) is 4.79 Å². The minimum absolute atomic E-state index is 0.0340. The molecule has 0 aliphatic carbocycles. The van der Waals surface area contributed by atoms with Crippen molar-refractivity contribution in [3.63, 3.8) is 0 Å². The molecule has 9 nitrogen and oxygen atoms in total. The van der Waals surface area contributed by atoms with Crippen molar-refractivity contribution >= 4 is 34.4 Å². The van der Waals surface area contributed by atoms with Gasteiger partial charge in [-0.15, -0.1) is 0 Å². The van der Waals surface area contributed by atoms with Crippen molar-refractivity contribution in [2.45, 2.75) is 95.7 Å². The largest absolute Gasteiger partial charge is 0.497 e. The number of nitrogens with one attached hydrogen (secondary N) is 1. The Morgan fingerprint density at radius 2 is 1.55 bits per heavy atom. The van der Waals surface area contributed by atoms with Gasteiger partial charge >= 0.3 is 11.9 Å². The number of methoxy groups -OCH3 is 1. The van der Waals surface area contributed by atoms with Crippen molar-refractivity contribution in [2.75, 3.05) is 59.6 Å². The van der Waals surface area contributed by atoms with Crippen molar-refractivity contribution in [3.05, 3.63) is 100 Å². The standard InChI is InChI=1S/C46H60ClN3O6/c1-34-43(39-32-38(53-2)23-24-41(39)48-34)44(46(52)56-45(51)36-19-21-37(47)22-20-36)40(35-16-10-9-11-17-35)33-50-28-26-49(27-29-50)25-13-7-5-3-4-6-8-14-30-54-42-18-12-15-31-55-42/h9-11,16-17,19-24,32,40,42,44,48H,3-8,12-15,18,25-31,33H2,1-2H3. The SMILES string of the molecule is COc1ccc2[nH]c(C)c(C(C(=O)OC(=O)c3ccc(Cl)cc3)C(CN3CCN(CCCCCCCCCCOC4CCCCO4)CC3)c3ccccc3)c2c1. The summed E-state index contributed by atoms with van der Waals surface area (Å²) < 4.78 is 22.9. The zero-order chi connectivity index (χ0) is 39.1. The lowest BCUT2D eigenvalue weighted by atomic mass is 9.79. The molecular weight excluding hydrogens is 726 g/mol. The third-order valence-corrected chi connectivity index (χ3v) is 11.7. The Labute approximate surface area is 338 Å². The third-order valence-electron chi connectivity index (χ3n) is 11.4. The molecule has 2 aliphatic heterocycles. The molecule has 6 rings (SSSR count). The van der Waals surface area contributed by atoms with Crippen LogP contribution in [-0.2, 0) is 19.0 Å². The van der Waals surface area contributed by atoms with Gasteiger partial charge in [-0.2, -0.15) is 0 Å². The molecule has 2 aliphatic rings. The summed E-state index contributed by atoms with van der Waals surface area (Å²) in [5.74, 6) is -1.63. The Bertz CT molecular complexity index is 1800. The van der Waals surface area contributed by atoms with E-state index in [0.29, 0.717) is 17.3 Å². The number of H-pyrrole nitrogens is 1. The number of ether oxygens (including phenoxy) is 4. The molecular formula is C46H60ClN3O6. The number of hydrogen-bond donors (Lipinski definition) is 1. The molecule has 0 radical (unpaired) electrons. The molecule has 56 heavy (non-hydrogen) atoms. The molecule has 1 aromatic heterocycles. The zero-order valence-electron chi connectivity index (χ0n) is 33.3. The zero-order valence-corrected chi connectivity index (χ0v) is 34.1. The Hall–Kier alpha value is -3.73. The highest BCUT2D eigenvalue weighted by Gasteiger charge is 2.38. The minimum Gasteiger partial charge on any atom is -0.497 e. The Balaban J connectivity index is 1.05. The lowest BCUT2D eigenvalue weighted by molar-refractivity contribution is -0.162. The van der Waals surface area contributed by atoms with E-state index in [1.54, 1.807) is 31.4 Å². The van der Waals surface area contributed by atoms with E-state index in [-0.39, 0.29) is 17.8 Å². The maximum atomic E-state index is 14.5. The Morgan fingerprint density at radius 1 is 0.857 bits per heavy atom. The van der Waals surface area contributed by atoms with E-state index in [0.717, 1.165) is 92.9 Å². The number of carbonyl (C=O) groups is 2. The number of rotatable bonds is 20. The van der Waals surface area contributed by atoms with E-state index >= 15 is 0 Å². The number of esters is 2. The minimum atomic E-state index is -0.767. The lowest BCUT2D eigenvalue weighted by Gasteiger charge is -2.38. The van der Waals surface area contributed by atoms with Crippen LogP contribution in [0.2, 0.25) is 5.02 Å². The fraction of sp³-hybridized carbons (Fsp3) is 0.522. The molecule has 0 bridgehead atoms. The summed E-state index contributed by atoms with van der Waals surface area (Å²) >= 11 is 6.08. The first-order valence-corrected chi connectivity index (χ1v) is 21.2. The van der Waals surface area contributed by atoms with Gasteiger partial charge in [0.05, 0.1) is 18.6 Å². The second-order valence-corrected chi connectivity index (χ2v) is 15.9. The van der Waals surface area contributed by atoms with E-state index in [1.165, 1.54) is 51.4 Å². The van der Waals surface area contributed by atoms with Crippen molar-refractivity contribution in [3.8, 4) is 5.75 Å². The number of benzene rings is 3. The van der Waals surface area contributed by atoms with Crippen LogP contribution < -0.4 is 4.74 Å². The number of nitrogens with zero attached hydrogens (tertiary/aromatic N) is 2. The number of aromatic nitrogens is 1. The number of aryl methyl sites for hydroxylation is 1. The van der Waals surface area contributed by atoms with E-state index < -0.39 is 17.9 Å². The summed E-state index contributed by atoms with van der Waals surface area (Å²) in [7, 11) is 1.64. The number of fused-ring (bicyclic) bond motifs is 1. The topological polar surface area (TPSA) is 93.3 Å². The molecule has 3 heterocycles. The summed E-state index contributed by atoms with van der Waals surface area (Å²) in [5.41, 5.74) is 3.86. The molecule has 302 valence electrons. The van der Waals surface area contributed by atoms with E-state index in [4.69, 9.17) is 30.5 Å². The van der Waals surface area contributed by atoms with Gasteiger partial charge in [0.2, 0.25) is 0 Å². The Kier molecular flexibility index (Phi) is 16.2. The van der Waals surface area contributed by atoms with Crippen molar-refractivity contribution < 1.29 is 28.5 Å². The first-order chi connectivity index (χ1) is 27.4. The number of carbonyl (C=O) groups excluding carboxylic acids is 2. The maximum absolute atomic E-state index is 14.5. The predicted octanol–water partition coefficient (Wildman–Crippen LogP) is 9.67. The Morgan fingerprint density at radius 3 is 2.25 bits per heavy atom. The third kappa shape index (κ3) is 11.9. The quantitative estimate of drug-likeness (QED) is 0.0538. The summed E-state index contributed by atoms with van der Waals surface area (Å²) in [6, 6.07) is 22.4. The van der Waals surface area contributed by atoms with E-state index in [9.17, 15) is 9.59 Å². The average Bonchev–Trinajstić information content (AvgIpc) is 3.55. The van der Waals surface area contributed by atoms with Gasteiger partial charge in [0.1, 0.15) is 5.75 Å². The first-order valence-electron chi connectivity index (χ1n) is 20.8. The molecule has 0 amide bonds. The molecule has 0 saturated carbocycles. The number of unbranched alkanes of at least 4 members (excludes halogenated alkanes) is 7. The van der Waals surface area contributed by atoms with Gasteiger partial charge < -0.3 is 33.7 Å². The molecule has 2 fully saturated rings. The first kappa shape index (κ1) is 41.9. The highest BCUT2D eigenvalue weighted by molar-refractivity contribution is 6.30. The number of piperazine rings is 1. The van der Waals surface area contributed by atoms with Crippen LogP contribution in [0.15, 0.2) is 72.8 Å². The van der Waals surface area contributed by atoms with Crippen LogP contribution in [0.5, 0.6) is 5.75 Å². The molecule has 3 unspecified atom stereocenters. The van der Waals surface area contributed by atoms with Gasteiger partial charge in [0, 0.05) is 73.5 Å². The van der Waals surface area contributed by atoms with Crippen LogP contribution in [0.25, 0.3) is 10.9 Å². The second kappa shape index (κ2) is 21.7. The van der Waals surface area contributed by atoms with Crippen LogP contribution in [0.3, 0.4) is 0 Å². The fourth-order valence-electron chi connectivity index (χ4n) is 8.27. The van der Waals surface area contributed by atoms with Crippen LogP contribution in [0.1, 0.15) is 110 Å². The highest BCUT2D eigenvalue weighted by Crippen LogP contribution is 2.41. The van der Waals surface area contributed by atoms with Crippen molar-refractivity contribution in [1.29, 1.82) is 0 Å². The molecule has 0 spiro atoms. The molecule has 3 atom stereocenters. The lowest BCUT2D eigenvalue weighted by Crippen LogP contribution is -2.48. The predicted molar refractivity (Wildman–Crippen MR) is 223 cm³/mol. The smallest absolute Gasteiger partial charge is 0.345 e. The molecule has 1 N–H and O–H groups in total. The van der Waals surface area contributed by atoms with Gasteiger partial charge in [-0.1, -0.05) is 80.5 Å². The van der Waals surface area contributed by atoms with Crippen LogP contribution in [0, 0.1) is 6.92 Å². The number of hydrogen-bond acceptors (Lipinski definition) is 8. The van der Waals surface area contributed by atoms with Crippen molar-refractivity contribution in [2.24, 2.45) is 0 Å². The van der Waals surface area contributed by atoms with Crippen LogP contribution in [-0.4, -0.2) is 92.6 Å². The molecule has 3 aromatic carbocycles. The normalized spacial score (nSPS) is 17.8. The van der Waals surface area contributed by atoms with Crippen LogP contribution >= 0.6 is 11.6 Å². The van der Waals surface area contributed by atoms with Gasteiger partial charge in [0.25, 0.3) is 0 Å². The second-order valence-electron chi connectivity index (χ2n) is 15.4. The summed E-state index contributed by atoms with van der Waals surface area (Å²) in [4.78, 5) is 36.4. The monoisotopic (exact) mass is 785 g/mol. The summed E-state index contributed by atoms with van der Waals surface area (Å²) in [5, 5.41) is 1.38. The number of halogens is 1. The summed E-state index contributed by atoms with van der Waals surface area (Å²) in [6.07, 6.45) is 13.5. The van der Waals surface area contributed by atoms with Gasteiger partial charge in [-0.05, 0) is 99.2 Å². The van der Waals surface area contributed by atoms with Crippen molar-refractivity contribution in [1.82, 2.24) is 14.8 Å². The number of aromatic amines is 1. The van der Waals surface area contributed by atoms with Gasteiger partial charge in [-0.3, -0.25) is 4.79 Å². The summed E-state index contributed by atoms with van der Waals surface area (Å²) in [6.45, 7) is 9.21. The fourth-order valence-corrected chi connectivity index (χ4v) is 8.40. The van der Waals surface area contributed by atoms with E-state index in [2.05, 4.69) is 26.9 Å².